The van der Waals surface area contributed by atoms with Gasteiger partial charge in [-0.3, -0.25) is 4.79 Å². The van der Waals surface area contributed by atoms with Crippen molar-refractivity contribution in [3.63, 3.8) is 0 Å². The first-order valence-corrected chi connectivity index (χ1v) is 10.5. The molecule has 0 saturated heterocycles. The van der Waals surface area contributed by atoms with E-state index in [9.17, 15) is 23.1 Å². The Hall–Kier alpha value is -3.98. The highest BCUT2D eigenvalue weighted by molar-refractivity contribution is 5.99. The molecule has 1 aliphatic heterocycles. The Balaban J connectivity index is 1.51. The monoisotopic (exact) mass is 465 g/mol. The molecule has 5 rings (SSSR count). The summed E-state index contributed by atoms with van der Waals surface area (Å²) in [6, 6.07) is 18.5. The molecule has 2 atom stereocenters. The van der Waals surface area contributed by atoms with E-state index >= 15 is 0 Å². The highest BCUT2D eigenvalue weighted by Crippen LogP contribution is 2.40. The van der Waals surface area contributed by atoms with E-state index in [1.807, 2.05) is 6.07 Å². The van der Waals surface area contributed by atoms with Crippen LogP contribution in [0.15, 0.2) is 77.2 Å². The largest absolute Gasteiger partial charge is 0.415 e. The van der Waals surface area contributed by atoms with Crippen LogP contribution in [0.25, 0.3) is 11.5 Å². The fourth-order valence-corrected chi connectivity index (χ4v) is 4.15. The average molecular weight is 465 g/mol. The Kier molecular flexibility index (Phi) is 5.62. The lowest BCUT2D eigenvalue weighted by Gasteiger charge is -2.32. The van der Waals surface area contributed by atoms with Gasteiger partial charge in [-0.1, -0.05) is 48.5 Å². The molecule has 1 aliphatic rings. The van der Waals surface area contributed by atoms with E-state index in [4.69, 9.17) is 4.42 Å². The van der Waals surface area contributed by atoms with Crippen LogP contribution in [-0.2, 0) is 6.54 Å². The Bertz CT molecular complexity index is 1330. The first-order valence-electron chi connectivity index (χ1n) is 10.5. The first kappa shape index (κ1) is 21.8. The summed E-state index contributed by atoms with van der Waals surface area (Å²) in [5.74, 6) is -1.72. The second-order valence-electron chi connectivity index (χ2n) is 7.90. The van der Waals surface area contributed by atoms with Crippen LogP contribution in [-0.4, -0.2) is 26.1 Å². The minimum absolute atomic E-state index is 0.122. The molecule has 9 heteroatoms. The summed E-state index contributed by atoms with van der Waals surface area (Å²) in [5, 5.41) is 18.2. The molecule has 0 spiro atoms. The number of hydrogen-bond donors (Lipinski definition) is 1. The SMILES string of the molecule is O=C1c2cc(-c3nnc(C(F)F)o3)ccc2CN1[C@@H](c1ccc(F)cc1)[C@@H](O)c1ccccc1. The minimum Gasteiger partial charge on any atom is -0.415 e. The van der Waals surface area contributed by atoms with Crippen molar-refractivity contribution in [2.24, 2.45) is 0 Å². The molecule has 6 nitrogen and oxygen atoms in total. The summed E-state index contributed by atoms with van der Waals surface area (Å²) in [7, 11) is 0. The number of carbonyl (C=O) groups is 1. The number of benzene rings is 3. The van der Waals surface area contributed by atoms with Crippen molar-refractivity contribution in [2.75, 3.05) is 0 Å². The van der Waals surface area contributed by atoms with Crippen molar-refractivity contribution < 1.29 is 27.5 Å². The molecule has 0 aliphatic carbocycles. The maximum Gasteiger partial charge on any atom is 0.314 e. The molecule has 0 unspecified atom stereocenters. The predicted octanol–water partition coefficient (Wildman–Crippen LogP) is 5.24. The van der Waals surface area contributed by atoms with Gasteiger partial charge in [0.2, 0.25) is 5.89 Å². The second kappa shape index (κ2) is 8.75. The molecule has 1 amide bonds. The Morgan fingerprint density at radius 1 is 0.941 bits per heavy atom. The number of amides is 1. The van der Waals surface area contributed by atoms with Gasteiger partial charge in [-0.25, -0.2) is 4.39 Å². The van der Waals surface area contributed by atoms with Crippen LogP contribution in [0.4, 0.5) is 13.2 Å². The molecule has 4 aromatic rings. The van der Waals surface area contributed by atoms with Crippen molar-refractivity contribution in [1.29, 1.82) is 0 Å². The summed E-state index contributed by atoms with van der Waals surface area (Å²) in [6.07, 6.45) is -3.97. The summed E-state index contributed by atoms with van der Waals surface area (Å²) in [4.78, 5) is 15.0. The summed E-state index contributed by atoms with van der Waals surface area (Å²) in [6.45, 7) is 0.201. The van der Waals surface area contributed by atoms with Gasteiger partial charge in [0.1, 0.15) is 11.9 Å². The smallest absolute Gasteiger partial charge is 0.314 e. The number of nitrogens with zero attached hydrogens (tertiary/aromatic N) is 3. The van der Waals surface area contributed by atoms with E-state index in [1.54, 1.807) is 36.4 Å². The van der Waals surface area contributed by atoms with Crippen LogP contribution in [0.3, 0.4) is 0 Å². The maximum absolute atomic E-state index is 13.6. The average Bonchev–Trinajstić information content (AvgIpc) is 3.47. The van der Waals surface area contributed by atoms with Gasteiger partial charge < -0.3 is 14.4 Å². The zero-order chi connectivity index (χ0) is 23.8. The number of fused-ring (bicyclic) bond motifs is 1. The molecule has 0 bridgehead atoms. The molecule has 3 aromatic carbocycles. The quantitative estimate of drug-likeness (QED) is 0.421. The van der Waals surface area contributed by atoms with Crippen LogP contribution in [0.2, 0.25) is 0 Å². The summed E-state index contributed by atoms with van der Waals surface area (Å²) < 4.78 is 44.2. The number of aliphatic hydroxyl groups excluding tert-OH is 1. The Morgan fingerprint density at radius 3 is 2.35 bits per heavy atom. The number of carbonyl (C=O) groups excluding carboxylic acids is 1. The van der Waals surface area contributed by atoms with Crippen molar-refractivity contribution in [1.82, 2.24) is 15.1 Å². The van der Waals surface area contributed by atoms with Crippen LogP contribution in [0, 0.1) is 5.82 Å². The molecule has 172 valence electrons. The molecule has 0 fully saturated rings. The van der Waals surface area contributed by atoms with E-state index in [0.29, 0.717) is 27.8 Å². The molecule has 0 radical (unpaired) electrons. The van der Waals surface area contributed by atoms with Crippen LogP contribution >= 0.6 is 0 Å². The van der Waals surface area contributed by atoms with Crippen LogP contribution in [0.5, 0.6) is 0 Å². The van der Waals surface area contributed by atoms with Crippen molar-refractivity contribution in [2.45, 2.75) is 25.1 Å². The normalized spacial score (nSPS) is 15.0. The van der Waals surface area contributed by atoms with Gasteiger partial charge in [0.05, 0.1) is 6.04 Å². The van der Waals surface area contributed by atoms with Crippen molar-refractivity contribution in [3.8, 4) is 11.5 Å². The van der Waals surface area contributed by atoms with Gasteiger partial charge in [-0.05, 0) is 41.0 Å². The molecular weight excluding hydrogens is 447 g/mol. The van der Waals surface area contributed by atoms with Crippen molar-refractivity contribution in [3.05, 3.63) is 107 Å². The lowest BCUT2D eigenvalue weighted by atomic mass is 9.94. The maximum atomic E-state index is 13.6. The standard InChI is InChI=1S/C25H18F3N3O3/c26-18-10-8-14(9-11-18)20(21(32)15-4-2-1-3-5-15)31-13-17-7-6-16(12-19(17)25(31)33)23-29-30-24(34-23)22(27)28/h1-12,20-22,32H,13H2/t20-,21-/m0/s1. The zero-order valence-corrected chi connectivity index (χ0v) is 17.6. The van der Waals surface area contributed by atoms with Crippen LogP contribution in [0.1, 0.15) is 51.5 Å². The second-order valence-corrected chi connectivity index (χ2v) is 7.90. The van der Waals surface area contributed by atoms with Gasteiger partial charge in [0, 0.05) is 17.7 Å². The van der Waals surface area contributed by atoms with Crippen molar-refractivity contribution >= 4 is 5.91 Å². The third-order valence-corrected chi connectivity index (χ3v) is 5.80. The van der Waals surface area contributed by atoms with E-state index in [2.05, 4.69) is 10.2 Å². The lowest BCUT2D eigenvalue weighted by Crippen LogP contribution is -2.33. The fraction of sp³-hybridized carbons (Fsp3) is 0.160. The van der Waals surface area contributed by atoms with Gasteiger partial charge in [-0.2, -0.15) is 8.78 Å². The van der Waals surface area contributed by atoms with Gasteiger partial charge in [0.25, 0.3) is 11.8 Å². The highest BCUT2D eigenvalue weighted by atomic mass is 19.3. The number of aliphatic hydroxyl groups is 1. The summed E-state index contributed by atoms with van der Waals surface area (Å²) >= 11 is 0. The topological polar surface area (TPSA) is 79.5 Å². The van der Waals surface area contributed by atoms with E-state index < -0.39 is 30.3 Å². The third kappa shape index (κ3) is 3.94. The zero-order valence-electron chi connectivity index (χ0n) is 17.6. The third-order valence-electron chi connectivity index (χ3n) is 5.80. The molecule has 1 aromatic heterocycles. The number of aromatic nitrogens is 2. The molecule has 2 heterocycles. The fourth-order valence-electron chi connectivity index (χ4n) is 4.15. The van der Waals surface area contributed by atoms with Gasteiger partial charge in [-0.15, -0.1) is 10.2 Å². The molecular formula is C25H18F3N3O3. The molecule has 34 heavy (non-hydrogen) atoms. The number of alkyl halides is 2. The summed E-state index contributed by atoms with van der Waals surface area (Å²) in [5.41, 5.74) is 2.52. The molecule has 0 saturated carbocycles. The highest BCUT2D eigenvalue weighted by Gasteiger charge is 2.38. The Labute approximate surface area is 192 Å². The number of hydrogen-bond acceptors (Lipinski definition) is 5. The molecule has 1 N–H and O–H groups in total. The van der Waals surface area contributed by atoms with Crippen LogP contribution < -0.4 is 0 Å². The minimum atomic E-state index is -2.90. The number of rotatable bonds is 6. The number of halogens is 3. The van der Waals surface area contributed by atoms with Gasteiger partial charge in [0.15, 0.2) is 0 Å². The Morgan fingerprint density at radius 2 is 1.68 bits per heavy atom. The van der Waals surface area contributed by atoms with E-state index in [0.717, 1.165) is 0 Å². The van der Waals surface area contributed by atoms with E-state index in [-0.39, 0.29) is 18.3 Å². The first-order chi connectivity index (χ1) is 16.4. The predicted molar refractivity (Wildman–Crippen MR) is 115 cm³/mol. The lowest BCUT2D eigenvalue weighted by molar-refractivity contribution is 0.0360. The van der Waals surface area contributed by atoms with Gasteiger partial charge >= 0.3 is 6.43 Å². The van der Waals surface area contributed by atoms with E-state index in [1.165, 1.54) is 35.2 Å².